The summed E-state index contributed by atoms with van der Waals surface area (Å²) < 4.78 is 0. The van der Waals surface area contributed by atoms with Crippen molar-refractivity contribution < 1.29 is 0 Å². The largest absolute Gasteiger partial charge is 0.327 e. The van der Waals surface area contributed by atoms with Gasteiger partial charge in [-0.15, -0.1) is 0 Å². The summed E-state index contributed by atoms with van der Waals surface area (Å²) in [6, 6.07) is 0.341. The van der Waals surface area contributed by atoms with Crippen LogP contribution >= 0.6 is 0 Å². The van der Waals surface area contributed by atoms with Gasteiger partial charge >= 0.3 is 0 Å². The fraction of sp³-hybridized carbons (Fsp3) is 1.00. The molecule has 0 aromatic rings. The Balaban J connectivity index is 3.69. The number of hydrogen-bond acceptors (Lipinski definition) is 3. The molecule has 0 fully saturated rings. The average Bonchev–Trinajstić information content (AvgIpc) is 2.32. The number of nitrogens with two attached hydrogens (primary N) is 1. The zero-order chi connectivity index (χ0) is 12.4. The monoisotopic (exact) mass is 229 g/mol. The van der Waals surface area contributed by atoms with Crippen LogP contribution in [0.5, 0.6) is 0 Å². The minimum atomic E-state index is 0.341. The van der Waals surface area contributed by atoms with Crippen molar-refractivity contribution in [3.63, 3.8) is 0 Å². The fourth-order valence-electron chi connectivity index (χ4n) is 1.90. The van der Waals surface area contributed by atoms with E-state index in [-0.39, 0.29) is 0 Å². The highest BCUT2D eigenvalue weighted by molar-refractivity contribution is 4.66. The summed E-state index contributed by atoms with van der Waals surface area (Å²) in [6.45, 7) is 15.7. The molecule has 0 aliphatic heterocycles. The van der Waals surface area contributed by atoms with E-state index in [1.54, 1.807) is 0 Å². The lowest BCUT2D eigenvalue weighted by atomic mass is 10.2. The van der Waals surface area contributed by atoms with E-state index in [2.05, 4.69) is 37.5 Å². The first-order valence-corrected chi connectivity index (χ1v) is 6.88. The molecule has 0 aliphatic carbocycles. The lowest BCUT2D eigenvalue weighted by Gasteiger charge is -2.25. The SMILES string of the molecule is CCC(N)CN(CC)CCCN(CC)CC. The number of nitrogens with zero attached hydrogens (tertiary/aromatic N) is 2. The Hall–Kier alpha value is -0.120. The number of rotatable bonds is 10. The summed E-state index contributed by atoms with van der Waals surface area (Å²) in [6.07, 6.45) is 2.33. The molecular weight excluding hydrogens is 198 g/mol. The van der Waals surface area contributed by atoms with Crippen LogP contribution in [0.25, 0.3) is 0 Å². The summed E-state index contributed by atoms with van der Waals surface area (Å²) in [5, 5.41) is 0. The first-order chi connectivity index (χ1) is 7.67. The second kappa shape index (κ2) is 10.1. The van der Waals surface area contributed by atoms with Crippen molar-refractivity contribution in [3.8, 4) is 0 Å². The molecule has 98 valence electrons. The van der Waals surface area contributed by atoms with Crippen molar-refractivity contribution in [1.29, 1.82) is 0 Å². The van der Waals surface area contributed by atoms with E-state index in [1.807, 2.05) is 0 Å². The zero-order valence-electron chi connectivity index (χ0n) is 11.7. The zero-order valence-corrected chi connectivity index (χ0v) is 11.7. The molecule has 0 saturated heterocycles. The Kier molecular flexibility index (Phi) is 9.99. The third kappa shape index (κ3) is 7.20. The van der Waals surface area contributed by atoms with Crippen molar-refractivity contribution in [2.45, 2.75) is 46.6 Å². The van der Waals surface area contributed by atoms with E-state index in [4.69, 9.17) is 5.73 Å². The van der Waals surface area contributed by atoms with Crippen LogP contribution in [0.4, 0.5) is 0 Å². The maximum Gasteiger partial charge on any atom is 0.0165 e. The minimum Gasteiger partial charge on any atom is -0.327 e. The van der Waals surface area contributed by atoms with E-state index < -0.39 is 0 Å². The van der Waals surface area contributed by atoms with E-state index in [9.17, 15) is 0 Å². The van der Waals surface area contributed by atoms with E-state index in [0.29, 0.717) is 6.04 Å². The van der Waals surface area contributed by atoms with E-state index in [0.717, 1.165) is 32.6 Å². The van der Waals surface area contributed by atoms with Crippen molar-refractivity contribution in [2.24, 2.45) is 5.73 Å². The van der Waals surface area contributed by atoms with Gasteiger partial charge in [0.15, 0.2) is 0 Å². The van der Waals surface area contributed by atoms with Crippen LogP contribution in [0.3, 0.4) is 0 Å². The highest BCUT2D eigenvalue weighted by Gasteiger charge is 2.07. The topological polar surface area (TPSA) is 32.5 Å². The third-order valence-electron chi connectivity index (χ3n) is 3.31. The molecule has 2 N–H and O–H groups in total. The highest BCUT2D eigenvalue weighted by atomic mass is 15.1. The van der Waals surface area contributed by atoms with Gasteiger partial charge < -0.3 is 15.5 Å². The molecule has 0 amide bonds. The number of likely N-dealkylation sites (N-methyl/N-ethyl adjacent to an activating group) is 1. The van der Waals surface area contributed by atoms with Gasteiger partial charge in [-0.25, -0.2) is 0 Å². The molecule has 3 nitrogen and oxygen atoms in total. The Morgan fingerprint density at radius 2 is 1.38 bits per heavy atom. The standard InChI is InChI=1S/C13H31N3/c1-5-13(14)12-16(8-4)11-9-10-15(6-2)7-3/h13H,5-12,14H2,1-4H3. The quantitative estimate of drug-likeness (QED) is 0.620. The molecule has 0 rings (SSSR count). The van der Waals surface area contributed by atoms with Crippen molar-refractivity contribution in [3.05, 3.63) is 0 Å². The van der Waals surface area contributed by atoms with Gasteiger partial charge in [0.2, 0.25) is 0 Å². The van der Waals surface area contributed by atoms with Gasteiger partial charge in [0.25, 0.3) is 0 Å². The third-order valence-corrected chi connectivity index (χ3v) is 3.31. The summed E-state index contributed by atoms with van der Waals surface area (Å²) in [4.78, 5) is 4.95. The molecule has 0 bridgehead atoms. The van der Waals surface area contributed by atoms with Gasteiger partial charge in [0, 0.05) is 12.6 Å². The molecule has 16 heavy (non-hydrogen) atoms. The predicted octanol–water partition coefficient (Wildman–Crippen LogP) is 1.78. The molecule has 0 aromatic heterocycles. The van der Waals surface area contributed by atoms with Crippen molar-refractivity contribution in [1.82, 2.24) is 9.80 Å². The molecular formula is C13H31N3. The second-order valence-electron chi connectivity index (χ2n) is 4.44. The molecule has 0 heterocycles. The molecule has 1 atom stereocenters. The minimum absolute atomic E-state index is 0.341. The summed E-state index contributed by atoms with van der Waals surface area (Å²) in [7, 11) is 0. The van der Waals surface area contributed by atoms with Crippen LogP contribution in [0.1, 0.15) is 40.5 Å². The summed E-state index contributed by atoms with van der Waals surface area (Å²) >= 11 is 0. The Labute approximate surface area is 102 Å². The van der Waals surface area contributed by atoms with Crippen LogP contribution in [0, 0.1) is 0 Å². The van der Waals surface area contributed by atoms with Crippen LogP contribution < -0.4 is 5.73 Å². The van der Waals surface area contributed by atoms with Gasteiger partial charge in [-0.1, -0.05) is 27.7 Å². The summed E-state index contributed by atoms with van der Waals surface area (Å²) in [5.74, 6) is 0. The lowest BCUT2D eigenvalue weighted by molar-refractivity contribution is 0.233. The average molecular weight is 229 g/mol. The molecule has 0 aromatic carbocycles. The Morgan fingerprint density at radius 3 is 1.81 bits per heavy atom. The Morgan fingerprint density at radius 1 is 0.875 bits per heavy atom. The molecule has 0 aliphatic rings. The highest BCUT2D eigenvalue weighted by Crippen LogP contribution is 1.98. The van der Waals surface area contributed by atoms with Crippen LogP contribution in [0.15, 0.2) is 0 Å². The lowest BCUT2D eigenvalue weighted by Crippen LogP contribution is -2.38. The molecule has 0 radical (unpaired) electrons. The Bertz CT molecular complexity index is 146. The van der Waals surface area contributed by atoms with Crippen molar-refractivity contribution >= 4 is 0 Å². The maximum atomic E-state index is 5.98. The van der Waals surface area contributed by atoms with Gasteiger partial charge in [0.1, 0.15) is 0 Å². The van der Waals surface area contributed by atoms with Crippen LogP contribution in [0.2, 0.25) is 0 Å². The molecule has 3 heteroatoms. The summed E-state index contributed by atoms with van der Waals surface area (Å²) in [5.41, 5.74) is 5.98. The van der Waals surface area contributed by atoms with Crippen LogP contribution in [-0.2, 0) is 0 Å². The number of hydrogen-bond donors (Lipinski definition) is 1. The maximum absolute atomic E-state index is 5.98. The molecule has 0 spiro atoms. The predicted molar refractivity (Wildman–Crippen MR) is 72.8 cm³/mol. The fourth-order valence-corrected chi connectivity index (χ4v) is 1.90. The van der Waals surface area contributed by atoms with Crippen LogP contribution in [-0.4, -0.2) is 55.1 Å². The normalized spacial score (nSPS) is 13.7. The van der Waals surface area contributed by atoms with Gasteiger partial charge in [-0.05, 0) is 45.6 Å². The molecule has 0 saturated carbocycles. The van der Waals surface area contributed by atoms with Gasteiger partial charge in [-0.2, -0.15) is 0 Å². The molecule has 1 unspecified atom stereocenters. The first-order valence-electron chi connectivity index (χ1n) is 6.88. The van der Waals surface area contributed by atoms with E-state index >= 15 is 0 Å². The second-order valence-corrected chi connectivity index (χ2v) is 4.44. The van der Waals surface area contributed by atoms with Gasteiger partial charge in [-0.3, -0.25) is 0 Å². The first kappa shape index (κ1) is 15.9. The van der Waals surface area contributed by atoms with E-state index in [1.165, 1.54) is 19.5 Å². The van der Waals surface area contributed by atoms with Gasteiger partial charge in [0.05, 0.1) is 0 Å². The van der Waals surface area contributed by atoms with Crippen molar-refractivity contribution in [2.75, 3.05) is 39.3 Å². The smallest absolute Gasteiger partial charge is 0.0165 e.